The molecule has 3 aromatic carbocycles. The van der Waals surface area contributed by atoms with Gasteiger partial charge in [-0.15, -0.1) is 0 Å². The minimum atomic E-state index is -1.10. The molecule has 0 saturated carbocycles. The number of hydrogen-bond donors (Lipinski definition) is 2. The Kier molecular flexibility index (Phi) is 10.7. The van der Waals surface area contributed by atoms with Gasteiger partial charge in [0.25, 0.3) is 5.91 Å². The van der Waals surface area contributed by atoms with Gasteiger partial charge in [0, 0.05) is 11.8 Å². The molecule has 0 radical (unpaired) electrons. The number of phenolic OH excluding ortho intramolecular Hbond substituents is 1. The highest BCUT2D eigenvalue weighted by Crippen LogP contribution is 2.36. The highest BCUT2D eigenvalue weighted by atomic mass is 16.5. The number of hydrogen-bond acceptors (Lipinski definition) is 9. The van der Waals surface area contributed by atoms with E-state index < -0.39 is 30.3 Å². The predicted molar refractivity (Wildman–Crippen MR) is 150 cm³/mol. The number of nitrogens with zero attached hydrogens (tertiary/aromatic N) is 1. The minimum Gasteiger partial charge on any atom is -0.506 e. The second-order valence-corrected chi connectivity index (χ2v) is 8.76. The summed E-state index contributed by atoms with van der Waals surface area (Å²) < 4.78 is 21.3. The van der Waals surface area contributed by atoms with Crippen LogP contribution in [0.2, 0.25) is 0 Å². The van der Waals surface area contributed by atoms with E-state index in [1.165, 1.54) is 18.2 Å². The SMILES string of the molecule is CCOC(=O)CN(C(=O)C(=O)OCC)c1cc(C)c(Oc2ccc(O)c(NC(=O)COc3ccccc3)c2)c(C)c1. The smallest absolute Gasteiger partial charge is 0.397 e. The van der Waals surface area contributed by atoms with Gasteiger partial charge in [0.05, 0.1) is 18.9 Å². The van der Waals surface area contributed by atoms with Crippen LogP contribution in [0.5, 0.6) is 23.0 Å². The molecule has 0 unspecified atom stereocenters. The van der Waals surface area contributed by atoms with Crippen molar-refractivity contribution in [3.8, 4) is 23.0 Å². The summed E-state index contributed by atoms with van der Waals surface area (Å²) in [5, 5.41) is 12.9. The van der Waals surface area contributed by atoms with Crippen LogP contribution in [0.15, 0.2) is 60.7 Å². The predicted octanol–water partition coefficient (Wildman–Crippen LogP) is 4.28. The number of carbonyl (C=O) groups excluding carboxylic acids is 4. The average Bonchev–Trinajstić information content (AvgIpc) is 2.94. The van der Waals surface area contributed by atoms with E-state index in [1.54, 1.807) is 64.1 Å². The number of phenols is 1. The molecule has 3 aromatic rings. The first-order chi connectivity index (χ1) is 19.6. The fraction of sp³-hybridized carbons (Fsp3) is 0.267. The number of benzene rings is 3. The number of nitrogens with one attached hydrogen (secondary N) is 1. The van der Waals surface area contributed by atoms with Gasteiger partial charge >= 0.3 is 17.8 Å². The van der Waals surface area contributed by atoms with Gasteiger partial charge in [-0.1, -0.05) is 18.2 Å². The lowest BCUT2D eigenvalue weighted by molar-refractivity contribution is -0.153. The number of ether oxygens (including phenoxy) is 4. The lowest BCUT2D eigenvalue weighted by Gasteiger charge is -2.23. The van der Waals surface area contributed by atoms with Gasteiger partial charge < -0.3 is 29.4 Å². The second-order valence-electron chi connectivity index (χ2n) is 8.76. The fourth-order valence-electron chi connectivity index (χ4n) is 3.81. The van der Waals surface area contributed by atoms with Crippen molar-refractivity contribution in [3.05, 3.63) is 71.8 Å². The van der Waals surface area contributed by atoms with Crippen LogP contribution >= 0.6 is 0 Å². The maximum atomic E-state index is 12.8. The summed E-state index contributed by atoms with van der Waals surface area (Å²) >= 11 is 0. The molecule has 0 saturated heterocycles. The fourth-order valence-corrected chi connectivity index (χ4v) is 3.81. The molecule has 0 aliphatic rings. The standard InChI is InChI=1S/C30H32N2O9/c1-5-38-27(35)17-32(29(36)30(37)39-6-2)21-14-19(3)28(20(4)15-21)41-23-12-13-25(33)24(16-23)31-26(34)18-40-22-10-8-7-9-11-22/h7-16,33H,5-6,17-18H2,1-4H3,(H,31,34). The molecule has 0 bridgehead atoms. The first-order valence-electron chi connectivity index (χ1n) is 12.9. The maximum Gasteiger partial charge on any atom is 0.397 e. The van der Waals surface area contributed by atoms with Gasteiger partial charge in [-0.05, 0) is 75.2 Å². The first-order valence-corrected chi connectivity index (χ1v) is 12.9. The molecule has 0 aliphatic heterocycles. The number of aromatic hydroxyl groups is 1. The zero-order chi connectivity index (χ0) is 29.9. The van der Waals surface area contributed by atoms with Crippen molar-refractivity contribution in [2.24, 2.45) is 0 Å². The zero-order valence-electron chi connectivity index (χ0n) is 23.3. The van der Waals surface area contributed by atoms with E-state index in [0.29, 0.717) is 28.4 Å². The second kappa shape index (κ2) is 14.4. The van der Waals surface area contributed by atoms with Crippen LogP contribution in [-0.4, -0.2) is 55.2 Å². The Morgan fingerprint density at radius 3 is 2.15 bits per heavy atom. The van der Waals surface area contributed by atoms with Crippen LogP contribution in [0, 0.1) is 13.8 Å². The summed E-state index contributed by atoms with van der Waals surface area (Å²) in [4.78, 5) is 50.5. The Morgan fingerprint density at radius 2 is 1.51 bits per heavy atom. The quantitative estimate of drug-likeness (QED) is 0.198. The Labute approximate surface area is 237 Å². The van der Waals surface area contributed by atoms with E-state index in [1.807, 2.05) is 6.07 Å². The summed E-state index contributed by atoms with van der Waals surface area (Å²) in [7, 11) is 0. The summed E-state index contributed by atoms with van der Waals surface area (Å²) in [5.74, 6) is -2.16. The van der Waals surface area contributed by atoms with Crippen molar-refractivity contribution in [3.63, 3.8) is 0 Å². The van der Waals surface area contributed by atoms with Crippen molar-refractivity contribution in [1.82, 2.24) is 0 Å². The maximum absolute atomic E-state index is 12.8. The molecule has 0 heterocycles. The Balaban J connectivity index is 1.80. The van der Waals surface area contributed by atoms with Crippen molar-refractivity contribution in [1.29, 1.82) is 0 Å². The number of aryl methyl sites for hydroxylation is 2. The number of esters is 2. The Bertz CT molecular complexity index is 1380. The molecule has 11 nitrogen and oxygen atoms in total. The van der Waals surface area contributed by atoms with Crippen molar-refractivity contribution in [2.75, 3.05) is 36.6 Å². The molecule has 0 aromatic heterocycles. The molecule has 0 aliphatic carbocycles. The van der Waals surface area contributed by atoms with Gasteiger partial charge in [0.1, 0.15) is 29.5 Å². The van der Waals surface area contributed by atoms with Gasteiger partial charge in [-0.2, -0.15) is 0 Å². The van der Waals surface area contributed by atoms with Crippen molar-refractivity contribution in [2.45, 2.75) is 27.7 Å². The number of para-hydroxylation sites is 1. The van der Waals surface area contributed by atoms with Crippen LogP contribution in [0.25, 0.3) is 0 Å². The Hall–Kier alpha value is -5.06. The molecule has 2 amide bonds. The normalized spacial score (nSPS) is 10.3. The van der Waals surface area contributed by atoms with E-state index in [-0.39, 0.29) is 36.9 Å². The molecule has 0 fully saturated rings. The van der Waals surface area contributed by atoms with Crippen molar-refractivity contribution >= 4 is 35.1 Å². The lowest BCUT2D eigenvalue weighted by atomic mass is 10.1. The van der Waals surface area contributed by atoms with Gasteiger partial charge in [0.15, 0.2) is 6.61 Å². The number of rotatable bonds is 11. The molecule has 0 spiro atoms. The van der Waals surface area contributed by atoms with Gasteiger partial charge in [0.2, 0.25) is 0 Å². The van der Waals surface area contributed by atoms with Crippen LogP contribution < -0.4 is 19.7 Å². The number of anilines is 2. The molecule has 41 heavy (non-hydrogen) atoms. The largest absolute Gasteiger partial charge is 0.506 e. The third-order valence-corrected chi connectivity index (χ3v) is 5.62. The number of carbonyl (C=O) groups is 4. The van der Waals surface area contributed by atoms with E-state index in [2.05, 4.69) is 5.32 Å². The van der Waals surface area contributed by atoms with Crippen LogP contribution in [0.4, 0.5) is 11.4 Å². The zero-order valence-corrected chi connectivity index (χ0v) is 23.3. The highest BCUT2D eigenvalue weighted by Gasteiger charge is 2.28. The van der Waals surface area contributed by atoms with E-state index in [4.69, 9.17) is 18.9 Å². The van der Waals surface area contributed by atoms with Crippen LogP contribution in [0.3, 0.4) is 0 Å². The first kappa shape index (κ1) is 30.5. The topological polar surface area (TPSA) is 141 Å². The van der Waals surface area contributed by atoms with E-state index in [9.17, 15) is 24.3 Å². The summed E-state index contributed by atoms with van der Waals surface area (Å²) in [6.07, 6.45) is 0. The third-order valence-electron chi connectivity index (χ3n) is 5.62. The number of amides is 2. The molecular weight excluding hydrogens is 532 g/mol. The summed E-state index contributed by atoms with van der Waals surface area (Å²) in [5.41, 5.74) is 1.56. The molecule has 216 valence electrons. The van der Waals surface area contributed by atoms with E-state index >= 15 is 0 Å². The van der Waals surface area contributed by atoms with Gasteiger partial charge in [-0.3, -0.25) is 19.3 Å². The molecular formula is C30H32N2O9. The van der Waals surface area contributed by atoms with Crippen LogP contribution in [-0.2, 0) is 28.7 Å². The molecule has 11 heteroatoms. The monoisotopic (exact) mass is 564 g/mol. The molecule has 0 atom stereocenters. The minimum absolute atomic E-state index is 0.00221. The van der Waals surface area contributed by atoms with Crippen molar-refractivity contribution < 1.29 is 43.2 Å². The summed E-state index contributed by atoms with van der Waals surface area (Å²) in [6.45, 7) is 6.02. The summed E-state index contributed by atoms with van der Waals surface area (Å²) in [6, 6.07) is 16.4. The highest BCUT2D eigenvalue weighted by molar-refractivity contribution is 6.38. The Morgan fingerprint density at radius 1 is 0.854 bits per heavy atom. The van der Waals surface area contributed by atoms with Crippen LogP contribution in [0.1, 0.15) is 25.0 Å². The van der Waals surface area contributed by atoms with Gasteiger partial charge in [-0.25, -0.2) is 4.79 Å². The average molecular weight is 565 g/mol. The lowest BCUT2D eigenvalue weighted by Crippen LogP contribution is -2.41. The molecule has 3 rings (SSSR count). The molecule has 2 N–H and O–H groups in total. The third kappa shape index (κ3) is 8.46. The van der Waals surface area contributed by atoms with E-state index in [0.717, 1.165) is 4.90 Å².